The largest absolute Gasteiger partial charge is 0.457 e. The Balaban J connectivity index is 1.29. The van der Waals surface area contributed by atoms with Crippen molar-refractivity contribution in [2.45, 2.75) is 6.54 Å². The number of anilines is 3. The molecular formula is C25H25N5O3S. The van der Waals surface area contributed by atoms with E-state index in [-0.39, 0.29) is 0 Å². The number of amides is 1. The number of carbonyl (C=O) groups is 1. The van der Waals surface area contributed by atoms with Crippen molar-refractivity contribution in [3.63, 3.8) is 0 Å². The molecule has 34 heavy (non-hydrogen) atoms. The second-order valence-corrected chi connectivity index (χ2v) is 8.93. The molecule has 0 atom stereocenters. The number of hydrogen-bond acceptors (Lipinski definition) is 8. The minimum Gasteiger partial charge on any atom is -0.457 e. The van der Waals surface area contributed by atoms with E-state index in [4.69, 9.17) is 14.5 Å². The van der Waals surface area contributed by atoms with E-state index < -0.39 is 0 Å². The number of benzene rings is 2. The average molecular weight is 476 g/mol. The molecule has 8 nitrogen and oxygen atoms in total. The summed E-state index contributed by atoms with van der Waals surface area (Å²) >= 11 is 1.59. The van der Waals surface area contributed by atoms with Gasteiger partial charge >= 0.3 is 0 Å². The predicted octanol–water partition coefficient (Wildman–Crippen LogP) is 4.52. The molecular weight excluding hydrogens is 450 g/mol. The minimum absolute atomic E-state index is 0.523. The van der Waals surface area contributed by atoms with E-state index in [1.807, 2.05) is 18.2 Å². The molecule has 4 aromatic rings. The molecule has 0 radical (unpaired) electrons. The minimum atomic E-state index is 0.523. The summed E-state index contributed by atoms with van der Waals surface area (Å²) in [6, 6.07) is 17.8. The Hall–Kier alpha value is -3.69. The van der Waals surface area contributed by atoms with E-state index in [0.29, 0.717) is 30.3 Å². The van der Waals surface area contributed by atoms with Crippen LogP contribution >= 0.6 is 11.3 Å². The number of nitrogens with zero attached hydrogens (tertiary/aromatic N) is 4. The second kappa shape index (κ2) is 10.1. The van der Waals surface area contributed by atoms with Crippen LogP contribution in [0.3, 0.4) is 0 Å². The molecule has 2 aromatic heterocycles. The first-order chi connectivity index (χ1) is 16.7. The van der Waals surface area contributed by atoms with E-state index in [9.17, 15) is 4.79 Å². The number of rotatable bonds is 8. The number of thiazole rings is 1. The number of aromatic nitrogens is 2. The standard InChI is InChI=1S/C25H25N5O3S/c1-29(17-31)24-15-20(8-9-26-24)33-19-6-7-21-23(14-19)34-25(28-21)27-16-18-4-2-3-5-22(18)30-10-12-32-13-11-30/h2-9,14-15,17H,10-13,16H2,1H3,(H,27,28). The Labute approximate surface area is 201 Å². The van der Waals surface area contributed by atoms with Gasteiger partial charge in [0.05, 0.1) is 23.4 Å². The van der Waals surface area contributed by atoms with Gasteiger partial charge < -0.3 is 24.6 Å². The Morgan fingerprint density at radius 2 is 1.97 bits per heavy atom. The summed E-state index contributed by atoms with van der Waals surface area (Å²) in [6.07, 6.45) is 2.33. The fourth-order valence-electron chi connectivity index (χ4n) is 3.83. The Kier molecular flexibility index (Phi) is 6.55. The van der Waals surface area contributed by atoms with Crippen LogP contribution in [0.25, 0.3) is 10.2 Å². The third-order valence-electron chi connectivity index (χ3n) is 5.61. The van der Waals surface area contributed by atoms with Gasteiger partial charge in [-0.3, -0.25) is 4.79 Å². The zero-order valence-corrected chi connectivity index (χ0v) is 19.6. The van der Waals surface area contributed by atoms with Crippen LogP contribution in [0, 0.1) is 0 Å². The molecule has 174 valence electrons. The zero-order chi connectivity index (χ0) is 23.3. The Morgan fingerprint density at radius 3 is 2.82 bits per heavy atom. The van der Waals surface area contributed by atoms with Crippen LogP contribution in [-0.2, 0) is 16.1 Å². The molecule has 0 bridgehead atoms. The number of morpholine rings is 1. The molecule has 0 spiro atoms. The predicted molar refractivity (Wildman–Crippen MR) is 135 cm³/mol. The maximum Gasteiger partial charge on any atom is 0.215 e. The summed E-state index contributed by atoms with van der Waals surface area (Å²) in [4.78, 5) is 23.7. The molecule has 1 N–H and O–H groups in total. The van der Waals surface area contributed by atoms with Crippen molar-refractivity contribution in [1.82, 2.24) is 9.97 Å². The van der Waals surface area contributed by atoms with E-state index in [1.54, 1.807) is 36.7 Å². The van der Waals surface area contributed by atoms with Crippen LogP contribution in [0.15, 0.2) is 60.8 Å². The van der Waals surface area contributed by atoms with Gasteiger partial charge in [0.1, 0.15) is 17.3 Å². The lowest BCUT2D eigenvalue weighted by Gasteiger charge is -2.30. The first-order valence-electron chi connectivity index (χ1n) is 11.1. The fraction of sp³-hybridized carbons (Fsp3) is 0.240. The molecule has 1 aliphatic heterocycles. The van der Waals surface area contributed by atoms with E-state index >= 15 is 0 Å². The fourth-order valence-corrected chi connectivity index (χ4v) is 4.72. The van der Waals surface area contributed by atoms with Gasteiger partial charge in [-0.15, -0.1) is 0 Å². The van der Waals surface area contributed by atoms with E-state index in [1.165, 1.54) is 16.2 Å². The van der Waals surface area contributed by atoms with Crippen molar-refractivity contribution in [2.24, 2.45) is 0 Å². The molecule has 0 aliphatic carbocycles. The van der Waals surface area contributed by atoms with Gasteiger partial charge in [0.15, 0.2) is 5.13 Å². The van der Waals surface area contributed by atoms with Gasteiger partial charge in [-0.2, -0.15) is 0 Å². The number of carbonyl (C=O) groups excluding carboxylic acids is 1. The van der Waals surface area contributed by atoms with Gasteiger partial charge in [-0.25, -0.2) is 9.97 Å². The highest BCUT2D eigenvalue weighted by atomic mass is 32.1. The number of ether oxygens (including phenoxy) is 2. The Bertz CT molecular complexity index is 1290. The number of pyridine rings is 1. The van der Waals surface area contributed by atoms with Crippen LogP contribution in [0.1, 0.15) is 5.56 Å². The van der Waals surface area contributed by atoms with Crippen LogP contribution in [0.2, 0.25) is 0 Å². The van der Waals surface area contributed by atoms with Crippen molar-refractivity contribution >= 4 is 44.6 Å². The molecule has 3 heterocycles. The highest BCUT2D eigenvalue weighted by molar-refractivity contribution is 7.22. The molecule has 1 aliphatic rings. The molecule has 9 heteroatoms. The van der Waals surface area contributed by atoms with Gasteiger partial charge in [-0.1, -0.05) is 29.5 Å². The van der Waals surface area contributed by atoms with Crippen molar-refractivity contribution in [3.05, 3.63) is 66.4 Å². The van der Waals surface area contributed by atoms with Gasteiger partial charge in [0.2, 0.25) is 6.41 Å². The van der Waals surface area contributed by atoms with Crippen LogP contribution < -0.4 is 19.9 Å². The highest BCUT2D eigenvalue weighted by Gasteiger charge is 2.15. The second-order valence-electron chi connectivity index (χ2n) is 7.90. The number of nitrogens with one attached hydrogen (secondary N) is 1. The SMILES string of the molecule is CN(C=O)c1cc(Oc2ccc3nc(NCc4ccccc4N4CCOCC4)sc3c2)ccn1. The van der Waals surface area contributed by atoms with E-state index in [2.05, 4.69) is 39.5 Å². The molecule has 2 aromatic carbocycles. The van der Waals surface area contributed by atoms with Crippen molar-refractivity contribution in [3.8, 4) is 11.5 Å². The smallest absolute Gasteiger partial charge is 0.215 e. The van der Waals surface area contributed by atoms with E-state index in [0.717, 1.165) is 41.7 Å². The van der Waals surface area contributed by atoms with Gasteiger partial charge in [0, 0.05) is 50.7 Å². The van der Waals surface area contributed by atoms with Crippen molar-refractivity contribution in [2.75, 3.05) is 48.5 Å². The summed E-state index contributed by atoms with van der Waals surface area (Å²) in [5.74, 6) is 1.84. The lowest BCUT2D eigenvalue weighted by Crippen LogP contribution is -2.36. The van der Waals surface area contributed by atoms with Crippen molar-refractivity contribution in [1.29, 1.82) is 0 Å². The van der Waals surface area contributed by atoms with Crippen LogP contribution in [0.5, 0.6) is 11.5 Å². The van der Waals surface area contributed by atoms with Crippen LogP contribution in [0.4, 0.5) is 16.6 Å². The Morgan fingerprint density at radius 1 is 1.15 bits per heavy atom. The normalized spacial score (nSPS) is 13.6. The summed E-state index contributed by atoms with van der Waals surface area (Å²) in [6.45, 7) is 4.04. The monoisotopic (exact) mass is 475 g/mol. The van der Waals surface area contributed by atoms with Gasteiger partial charge in [-0.05, 0) is 29.8 Å². The third-order valence-corrected chi connectivity index (χ3v) is 6.58. The lowest BCUT2D eigenvalue weighted by molar-refractivity contribution is -0.107. The summed E-state index contributed by atoms with van der Waals surface area (Å²) in [5, 5.41) is 4.35. The number of hydrogen-bond donors (Lipinski definition) is 1. The zero-order valence-electron chi connectivity index (χ0n) is 18.8. The van der Waals surface area contributed by atoms with Crippen LogP contribution in [-0.4, -0.2) is 49.7 Å². The molecule has 0 unspecified atom stereocenters. The highest BCUT2D eigenvalue weighted by Crippen LogP contribution is 2.32. The number of para-hydroxylation sites is 1. The number of fused-ring (bicyclic) bond motifs is 1. The molecule has 1 saturated heterocycles. The lowest BCUT2D eigenvalue weighted by atomic mass is 10.1. The van der Waals surface area contributed by atoms with Gasteiger partial charge in [0.25, 0.3) is 0 Å². The summed E-state index contributed by atoms with van der Waals surface area (Å²) in [5.41, 5.74) is 3.39. The first-order valence-corrected chi connectivity index (χ1v) is 11.9. The molecule has 0 saturated carbocycles. The average Bonchev–Trinajstić information content (AvgIpc) is 3.30. The first kappa shape index (κ1) is 22.1. The molecule has 1 amide bonds. The maximum absolute atomic E-state index is 11.0. The topological polar surface area (TPSA) is 79.8 Å². The summed E-state index contributed by atoms with van der Waals surface area (Å²) in [7, 11) is 1.65. The maximum atomic E-state index is 11.0. The third kappa shape index (κ3) is 4.95. The molecule has 1 fully saturated rings. The summed E-state index contributed by atoms with van der Waals surface area (Å²) < 4.78 is 12.5. The molecule has 5 rings (SSSR count). The van der Waals surface area contributed by atoms with Crippen molar-refractivity contribution < 1.29 is 14.3 Å². The quantitative estimate of drug-likeness (QED) is 0.375.